The van der Waals surface area contributed by atoms with E-state index < -0.39 is 5.63 Å². The number of oxazole rings is 1. The summed E-state index contributed by atoms with van der Waals surface area (Å²) in [5.74, 6) is 0.0278. The van der Waals surface area contributed by atoms with E-state index in [1.807, 2.05) is 0 Å². The Kier molecular flexibility index (Phi) is 5.80. The van der Waals surface area contributed by atoms with Crippen LogP contribution in [0.2, 0.25) is 5.02 Å². The first-order chi connectivity index (χ1) is 11.5. The summed E-state index contributed by atoms with van der Waals surface area (Å²) in [5, 5.41) is 10.6. The van der Waals surface area contributed by atoms with Gasteiger partial charge in [0.1, 0.15) is 12.0 Å². The number of aryl methyl sites for hydroxylation is 1. The second-order valence-electron chi connectivity index (χ2n) is 4.51. The van der Waals surface area contributed by atoms with Gasteiger partial charge in [-0.1, -0.05) is 23.7 Å². The summed E-state index contributed by atoms with van der Waals surface area (Å²) in [7, 11) is 0. The summed E-state index contributed by atoms with van der Waals surface area (Å²) in [6.07, 6.45) is 2.81. The molecular formula is C15H13ClN4O4. The highest BCUT2D eigenvalue weighted by atomic mass is 35.5. The SMILES string of the molecule is CC(=O)c1ncco1.Cc1[nH]oc(=O)c1N=Nc1ccccc1Cl. The van der Waals surface area contributed by atoms with Crippen LogP contribution in [-0.4, -0.2) is 15.9 Å². The van der Waals surface area contributed by atoms with Crippen LogP contribution < -0.4 is 5.63 Å². The van der Waals surface area contributed by atoms with Gasteiger partial charge in [0.2, 0.25) is 5.78 Å². The van der Waals surface area contributed by atoms with E-state index in [1.165, 1.54) is 19.4 Å². The summed E-state index contributed by atoms with van der Waals surface area (Å²) in [6.45, 7) is 3.08. The molecule has 0 amide bonds. The Labute approximate surface area is 141 Å². The zero-order valence-corrected chi connectivity index (χ0v) is 13.6. The molecule has 0 bridgehead atoms. The number of ketones is 1. The molecule has 2 heterocycles. The van der Waals surface area contributed by atoms with Crippen molar-refractivity contribution in [2.45, 2.75) is 13.8 Å². The van der Waals surface area contributed by atoms with Gasteiger partial charge in [0.05, 0.1) is 16.9 Å². The maximum Gasteiger partial charge on any atom is 0.384 e. The summed E-state index contributed by atoms with van der Waals surface area (Å²) in [5.41, 5.74) is 0.637. The van der Waals surface area contributed by atoms with Crippen molar-refractivity contribution < 1.29 is 13.7 Å². The molecule has 0 aliphatic heterocycles. The molecular weight excluding hydrogens is 336 g/mol. The summed E-state index contributed by atoms with van der Waals surface area (Å²) >= 11 is 5.88. The van der Waals surface area contributed by atoms with E-state index in [-0.39, 0.29) is 17.4 Å². The Bertz CT molecular complexity index is 896. The van der Waals surface area contributed by atoms with Crippen molar-refractivity contribution in [3.8, 4) is 0 Å². The fourth-order valence-electron chi connectivity index (χ4n) is 1.52. The van der Waals surface area contributed by atoms with E-state index >= 15 is 0 Å². The van der Waals surface area contributed by atoms with Crippen LogP contribution >= 0.6 is 11.6 Å². The molecule has 24 heavy (non-hydrogen) atoms. The van der Waals surface area contributed by atoms with Crippen molar-refractivity contribution >= 4 is 28.8 Å². The molecule has 3 aromatic rings. The number of Topliss-reactive ketones (excluding diaryl/α,β-unsaturated/α-hetero) is 1. The van der Waals surface area contributed by atoms with Crippen LogP contribution in [0.5, 0.6) is 0 Å². The van der Waals surface area contributed by atoms with Crippen molar-refractivity contribution in [3.63, 3.8) is 0 Å². The van der Waals surface area contributed by atoms with Crippen molar-refractivity contribution in [3.05, 3.63) is 63.8 Å². The molecule has 8 nitrogen and oxygen atoms in total. The third kappa shape index (κ3) is 4.50. The minimum absolute atomic E-state index is 0.144. The van der Waals surface area contributed by atoms with Crippen LogP contribution in [-0.2, 0) is 0 Å². The fourth-order valence-corrected chi connectivity index (χ4v) is 1.70. The quantitative estimate of drug-likeness (QED) is 0.562. The average Bonchev–Trinajstić information content (AvgIpc) is 3.19. The fraction of sp³-hybridized carbons (Fsp3) is 0.133. The van der Waals surface area contributed by atoms with E-state index in [0.29, 0.717) is 16.4 Å². The summed E-state index contributed by atoms with van der Waals surface area (Å²) in [6, 6.07) is 6.97. The van der Waals surface area contributed by atoms with Gasteiger partial charge >= 0.3 is 5.63 Å². The molecule has 3 rings (SSSR count). The number of benzene rings is 1. The number of hydrogen-bond acceptors (Lipinski definition) is 7. The third-order valence-corrected chi connectivity index (χ3v) is 3.01. The predicted octanol–water partition coefficient (Wildman–Crippen LogP) is 4.22. The molecule has 0 aliphatic carbocycles. The van der Waals surface area contributed by atoms with Gasteiger partial charge in [0.15, 0.2) is 5.69 Å². The van der Waals surface area contributed by atoms with Crippen LogP contribution in [0, 0.1) is 6.92 Å². The van der Waals surface area contributed by atoms with Gasteiger partial charge < -0.3 is 8.94 Å². The average molecular weight is 349 g/mol. The lowest BCUT2D eigenvalue weighted by Gasteiger charge is -1.93. The standard InChI is InChI=1S/C10H8ClN3O2.C5H5NO2/c1-6-9(10(15)16-14-6)13-12-8-5-3-2-4-7(8)11;1-4(7)5-6-2-3-8-5/h2-5,14H,1H3;2-3H,1H3. The number of rotatable bonds is 3. The monoisotopic (exact) mass is 348 g/mol. The normalized spacial score (nSPS) is 10.5. The van der Waals surface area contributed by atoms with E-state index in [9.17, 15) is 9.59 Å². The molecule has 2 aromatic heterocycles. The number of hydrogen-bond donors (Lipinski definition) is 1. The Balaban J connectivity index is 0.000000219. The maximum atomic E-state index is 11.2. The van der Waals surface area contributed by atoms with E-state index in [1.54, 1.807) is 31.2 Å². The Morgan fingerprint density at radius 1 is 1.29 bits per heavy atom. The first kappa shape index (κ1) is 17.4. The van der Waals surface area contributed by atoms with Crippen molar-refractivity contribution in [2.24, 2.45) is 10.2 Å². The van der Waals surface area contributed by atoms with Gasteiger partial charge in [-0.25, -0.2) is 14.9 Å². The number of carbonyl (C=O) groups is 1. The zero-order chi connectivity index (χ0) is 17.5. The first-order valence-electron chi connectivity index (χ1n) is 6.74. The third-order valence-electron chi connectivity index (χ3n) is 2.69. The second kappa shape index (κ2) is 8.02. The number of halogens is 1. The Morgan fingerprint density at radius 3 is 2.54 bits per heavy atom. The minimum atomic E-state index is -0.548. The van der Waals surface area contributed by atoms with Crippen molar-refractivity contribution in [1.82, 2.24) is 10.1 Å². The van der Waals surface area contributed by atoms with Crippen molar-refractivity contribution in [2.75, 3.05) is 0 Å². The van der Waals surface area contributed by atoms with Gasteiger partial charge in [-0.05, 0) is 19.1 Å². The van der Waals surface area contributed by atoms with E-state index in [2.05, 4.69) is 29.3 Å². The van der Waals surface area contributed by atoms with Gasteiger partial charge in [-0.2, -0.15) is 0 Å². The lowest BCUT2D eigenvalue weighted by molar-refractivity contribution is 0.0980. The van der Waals surface area contributed by atoms with Crippen molar-refractivity contribution in [1.29, 1.82) is 0 Å². The predicted molar refractivity (Wildman–Crippen MR) is 86.2 cm³/mol. The summed E-state index contributed by atoms with van der Waals surface area (Å²) in [4.78, 5) is 25.1. The van der Waals surface area contributed by atoms with Gasteiger partial charge in [-0.3, -0.25) is 4.79 Å². The second-order valence-corrected chi connectivity index (χ2v) is 4.92. The largest absolute Gasteiger partial charge is 0.442 e. The highest BCUT2D eigenvalue weighted by Crippen LogP contribution is 2.25. The lowest BCUT2D eigenvalue weighted by atomic mass is 10.3. The van der Waals surface area contributed by atoms with Crippen LogP contribution in [0.1, 0.15) is 23.3 Å². The van der Waals surface area contributed by atoms with Gasteiger partial charge in [-0.15, -0.1) is 10.2 Å². The van der Waals surface area contributed by atoms with Crippen LogP contribution in [0.25, 0.3) is 0 Å². The molecule has 1 aromatic carbocycles. The number of aromatic nitrogens is 2. The minimum Gasteiger partial charge on any atom is -0.442 e. The molecule has 0 unspecified atom stereocenters. The highest BCUT2D eigenvalue weighted by molar-refractivity contribution is 6.32. The molecule has 0 atom stereocenters. The molecule has 124 valence electrons. The molecule has 0 radical (unpaired) electrons. The number of nitrogens with one attached hydrogen (secondary N) is 1. The number of nitrogens with zero attached hydrogens (tertiary/aromatic N) is 3. The number of azo groups is 1. The molecule has 0 saturated heterocycles. The molecule has 9 heteroatoms. The lowest BCUT2D eigenvalue weighted by Crippen LogP contribution is -1.89. The molecule has 1 N–H and O–H groups in total. The van der Waals surface area contributed by atoms with E-state index in [4.69, 9.17) is 11.6 Å². The zero-order valence-electron chi connectivity index (χ0n) is 12.8. The highest BCUT2D eigenvalue weighted by Gasteiger charge is 2.07. The molecule has 0 saturated carbocycles. The molecule has 0 aliphatic rings. The first-order valence-corrected chi connectivity index (χ1v) is 7.11. The van der Waals surface area contributed by atoms with Crippen LogP contribution in [0.15, 0.2) is 60.7 Å². The number of aromatic amines is 1. The maximum absolute atomic E-state index is 11.2. The van der Waals surface area contributed by atoms with Crippen LogP contribution in [0.3, 0.4) is 0 Å². The Hall–Kier alpha value is -3.00. The number of H-pyrrole nitrogens is 1. The summed E-state index contributed by atoms with van der Waals surface area (Å²) < 4.78 is 9.18. The number of carbonyl (C=O) groups excluding carboxylic acids is 1. The smallest absolute Gasteiger partial charge is 0.384 e. The van der Waals surface area contributed by atoms with Gasteiger partial charge in [0.25, 0.3) is 5.89 Å². The Morgan fingerprint density at radius 2 is 2.04 bits per heavy atom. The molecule has 0 spiro atoms. The van der Waals surface area contributed by atoms with Crippen LogP contribution in [0.4, 0.5) is 11.4 Å². The topological polar surface area (TPSA) is 114 Å². The van der Waals surface area contributed by atoms with Gasteiger partial charge in [0, 0.05) is 6.92 Å². The van der Waals surface area contributed by atoms with E-state index in [0.717, 1.165) is 0 Å². The molecule has 0 fully saturated rings.